The molecule has 22 heavy (non-hydrogen) atoms. The van der Waals surface area contributed by atoms with Crippen LogP contribution in [0.25, 0.3) is 5.57 Å². The summed E-state index contributed by atoms with van der Waals surface area (Å²) in [4.78, 5) is 16.5. The van der Waals surface area contributed by atoms with Crippen LogP contribution >= 0.6 is 0 Å². The first kappa shape index (κ1) is 15.3. The number of fused-ring (bicyclic) bond motifs is 2. The Morgan fingerprint density at radius 2 is 1.82 bits per heavy atom. The van der Waals surface area contributed by atoms with E-state index in [4.69, 9.17) is 0 Å². The highest BCUT2D eigenvalue weighted by Crippen LogP contribution is 2.32. The number of carbonyl (C=O) groups is 1. The molecule has 1 aromatic carbocycles. The lowest BCUT2D eigenvalue weighted by molar-refractivity contribution is -0.142. The molecule has 2 atom stereocenters. The minimum Gasteiger partial charge on any atom is -0.340 e. The third kappa shape index (κ3) is 2.95. The summed E-state index contributed by atoms with van der Waals surface area (Å²) < 4.78 is 0. The number of piperazine rings is 1. The first-order valence-electron chi connectivity index (χ1n) is 8.50. The van der Waals surface area contributed by atoms with Crippen LogP contribution in [0.5, 0.6) is 0 Å². The van der Waals surface area contributed by atoms with Gasteiger partial charge in [0.05, 0.1) is 0 Å². The lowest BCUT2D eigenvalue weighted by Crippen LogP contribution is -2.69. The fraction of sp³-hybridized carbons (Fsp3) is 0.526. The summed E-state index contributed by atoms with van der Waals surface area (Å²) in [6.07, 6.45) is 5.33. The fourth-order valence-corrected chi connectivity index (χ4v) is 3.75. The van der Waals surface area contributed by atoms with Crippen molar-refractivity contribution in [2.45, 2.75) is 45.2 Å². The first-order chi connectivity index (χ1) is 10.7. The van der Waals surface area contributed by atoms with E-state index >= 15 is 0 Å². The largest absolute Gasteiger partial charge is 0.340 e. The van der Waals surface area contributed by atoms with Crippen molar-refractivity contribution >= 4 is 11.5 Å². The normalized spacial score (nSPS) is 25.0. The van der Waals surface area contributed by atoms with Crippen LogP contribution in [-0.2, 0) is 4.79 Å². The third-order valence-electron chi connectivity index (χ3n) is 5.07. The number of carbonyl (C=O) groups excluding carboxylic acids is 1. The monoisotopic (exact) mass is 298 g/mol. The molecular formula is C19H26N2O. The Morgan fingerprint density at radius 1 is 1.14 bits per heavy atom. The van der Waals surface area contributed by atoms with Crippen LogP contribution in [0.2, 0.25) is 0 Å². The molecule has 0 N–H and O–H groups in total. The van der Waals surface area contributed by atoms with Gasteiger partial charge in [-0.1, -0.05) is 50.3 Å². The molecule has 3 fully saturated rings. The van der Waals surface area contributed by atoms with Crippen molar-refractivity contribution in [3.63, 3.8) is 0 Å². The lowest BCUT2D eigenvalue weighted by Gasteiger charge is -2.56. The number of hydrogen-bond donors (Lipinski definition) is 0. The summed E-state index contributed by atoms with van der Waals surface area (Å²) in [5.74, 6) is 0.309. The van der Waals surface area contributed by atoms with Crippen LogP contribution in [0.15, 0.2) is 36.4 Å². The highest BCUT2D eigenvalue weighted by Gasteiger charge is 2.44. The number of allylic oxidation sites excluding steroid dienone is 1. The minimum atomic E-state index is 0.309. The summed E-state index contributed by atoms with van der Waals surface area (Å²) in [6.45, 7) is 7.03. The molecule has 3 heteroatoms. The molecule has 0 saturated carbocycles. The maximum atomic E-state index is 11.8. The molecule has 0 spiro atoms. The Labute approximate surface area is 133 Å². The van der Waals surface area contributed by atoms with E-state index in [0.717, 1.165) is 26.1 Å². The Morgan fingerprint density at radius 3 is 2.41 bits per heavy atom. The van der Waals surface area contributed by atoms with E-state index < -0.39 is 0 Å². The van der Waals surface area contributed by atoms with Gasteiger partial charge in [-0.3, -0.25) is 9.69 Å². The van der Waals surface area contributed by atoms with E-state index in [2.05, 4.69) is 53.1 Å². The van der Waals surface area contributed by atoms with Gasteiger partial charge in [0.25, 0.3) is 0 Å². The smallest absolute Gasteiger partial charge is 0.222 e. The second-order valence-electron chi connectivity index (χ2n) is 6.34. The van der Waals surface area contributed by atoms with Gasteiger partial charge < -0.3 is 4.90 Å². The maximum Gasteiger partial charge on any atom is 0.222 e. The van der Waals surface area contributed by atoms with Gasteiger partial charge in [0.15, 0.2) is 0 Å². The van der Waals surface area contributed by atoms with Crippen molar-refractivity contribution in [2.24, 2.45) is 0 Å². The summed E-state index contributed by atoms with van der Waals surface area (Å²) in [6, 6.07) is 11.8. The number of rotatable bonds is 5. The molecule has 3 heterocycles. The molecule has 0 aliphatic carbocycles. The van der Waals surface area contributed by atoms with Crippen LogP contribution in [-0.4, -0.2) is 47.4 Å². The predicted molar refractivity (Wildman–Crippen MR) is 90.5 cm³/mol. The van der Waals surface area contributed by atoms with Crippen molar-refractivity contribution in [2.75, 3.05) is 19.6 Å². The van der Waals surface area contributed by atoms with Gasteiger partial charge >= 0.3 is 0 Å². The molecule has 2 unspecified atom stereocenters. The van der Waals surface area contributed by atoms with Crippen molar-refractivity contribution in [1.29, 1.82) is 0 Å². The van der Waals surface area contributed by atoms with E-state index in [1.165, 1.54) is 17.6 Å². The van der Waals surface area contributed by atoms with Gasteiger partial charge in [-0.25, -0.2) is 0 Å². The molecule has 3 aliphatic heterocycles. The maximum absolute atomic E-state index is 11.8. The van der Waals surface area contributed by atoms with Gasteiger partial charge in [0.2, 0.25) is 5.91 Å². The van der Waals surface area contributed by atoms with Gasteiger partial charge in [-0.05, 0) is 24.0 Å². The number of piperidine rings is 1. The quantitative estimate of drug-likeness (QED) is 0.833. The standard InChI is InChI=1S/C19H26N2O/c1-3-15(16-8-6-5-7-9-16)10-11-21-17-12-18(21)14-20(13-17)19(22)4-2/h5-10,17-18H,3-4,11-14H2,1-2H3/b15-10-. The van der Waals surface area contributed by atoms with Gasteiger partial charge in [0, 0.05) is 38.1 Å². The number of amides is 1. The van der Waals surface area contributed by atoms with Crippen molar-refractivity contribution in [1.82, 2.24) is 9.80 Å². The Balaban J connectivity index is 1.61. The summed E-state index contributed by atoms with van der Waals surface area (Å²) in [5, 5.41) is 0. The number of benzene rings is 1. The molecule has 2 bridgehead atoms. The molecule has 118 valence electrons. The highest BCUT2D eigenvalue weighted by molar-refractivity contribution is 5.76. The van der Waals surface area contributed by atoms with E-state index in [0.29, 0.717) is 24.4 Å². The lowest BCUT2D eigenvalue weighted by atomic mass is 9.87. The zero-order chi connectivity index (χ0) is 15.5. The van der Waals surface area contributed by atoms with E-state index in [1.807, 2.05) is 6.92 Å². The molecule has 4 rings (SSSR count). The fourth-order valence-electron chi connectivity index (χ4n) is 3.75. The average Bonchev–Trinajstić information content (AvgIpc) is 2.58. The Bertz CT molecular complexity index is 540. The predicted octanol–water partition coefficient (Wildman–Crippen LogP) is 3.18. The molecule has 3 nitrogen and oxygen atoms in total. The van der Waals surface area contributed by atoms with E-state index in [9.17, 15) is 4.79 Å². The Kier molecular flexibility index (Phi) is 4.63. The molecule has 1 amide bonds. The summed E-state index contributed by atoms with van der Waals surface area (Å²) >= 11 is 0. The molecular weight excluding hydrogens is 272 g/mol. The third-order valence-corrected chi connectivity index (χ3v) is 5.07. The summed E-state index contributed by atoms with van der Waals surface area (Å²) in [7, 11) is 0. The minimum absolute atomic E-state index is 0.309. The van der Waals surface area contributed by atoms with Crippen molar-refractivity contribution < 1.29 is 4.79 Å². The van der Waals surface area contributed by atoms with E-state index in [1.54, 1.807) is 0 Å². The molecule has 3 aliphatic rings. The zero-order valence-corrected chi connectivity index (χ0v) is 13.7. The van der Waals surface area contributed by atoms with Crippen LogP contribution in [0.3, 0.4) is 0 Å². The van der Waals surface area contributed by atoms with Crippen LogP contribution < -0.4 is 0 Å². The molecule has 0 radical (unpaired) electrons. The Hall–Kier alpha value is -1.61. The highest BCUT2D eigenvalue weighted by atomic mass is 16.2. The number of nitrogens with zero attached hydrogens (tertiary/aromatic N) is 2. The van der Waals surface area contributed by atoms with E-state index in [-0.39, 0.29) is 0 Å². The van der Waals surface area contributed by atoms with Crippen LogP contribution in [0.4, 0.5) is 0 Å². The zero-order valence-electron chi connectivity index (χ0n) is 13.7. The van der Waals surface area contributed by atoms with Crippen LogP contribution in [0.1, 0.15) is 38.7 Å². The van der Waals surface area contributed by atoms with Gasteiger partial charge in [-0.15, -0.1) is 0 Å². The topological polar surface area (TPSA) is 23.6 Å². The summed E-state index contributed by atoms with van der Waals surface area (Å²) in [5.41, 5.74) is 2.76. The average molecular weight is 298 g/mol. The molecule has 1 aromatic rings. The first-order valence-corrected chi connectivity index (χ1v) is 8.50. The second-order valence-corrected chi connectivity index (χ2v) is 6.34. The van der Waals surface area contributed by atoms with Gasteiger partial charge in [-0.2, -0.15) is 0 Å². The van der Waals surface area contributed by atoms with Crippen molar-refractivity contribution in [3.8, 4) is 0 Å². The molecule has 0 aromatic heterocycles. The van der Waals surface area contributed by atoms with Gasteiger partial charge in [0.1, 0.15) is 0 Å². The molecule has 3 saturated heterocycles. The second kappa shape index (κ2) is 6.66. The SMILES string of the molecule is CCC(=O)N1CC2CC(C1)N2C/C=C(/CC)c1ccccc1. The van der Waals surface area contributed by atoms with Crippen molar-refractivity contribution in [3.05, 3.63) is 42.0 Å². The number of hydrogen-bond acceptors (Lipinski definition) is 2. The van der Waals surface area contributed by atoms with Crippen LogP contribution in [0, 0.1) is 0 Å².